The smallest absolute Gasteiger partial charge is 0.168 e. The van der Waals surface area contributed by atoms with Crippen LogP contribution in [0.1, 0.15) is 51.0 Å². The van der Waals surface area contributed by atoms with Crippen molar-refractivity contribution < 1.29 is 0 Å². The van der Waals surface area contributed by atoms with Crippen LogP contribution in [0.2, 0.25) is 0 Å². The Morgan fingerprint density at radius 1 is 1.56 bits per heavy atom. The van der Waals surface area contributed by atoms with Crippen LogP contribution in [-0.4, -0.2) is 31.2 Å². The van der Waals surface area contributed by atoms with Gasteiger partial charge in [0.2, 0.25) is 0 Å². The average molecular weight is 241 g/mol. The van der Waals surface area contributed by atoms with Gasteiger partial charge in [-0.3, -0.25) is 0 Å². The molecule has 1 fully saturated rings. The lowest BCUT2D eigenvalue weighted by Crippen LogP contribution is -2.23. The molecular weight excluding hydrogens is 222 g/mol. The van der Waals surface area contributed by atoms with Crippen LogP contribution in [0.15, 0.2) is 0 Å². The second kappa shape index (κ2) is 5.14. The van der Waals surface area contributed by atoms with Crippen LogP contribution in [0.25, 0.3) is 0 Å². The fourth-order valence-corrected chi connectivity index (χ4v) is 3.57. The van der Waals surface area contributed by atoms with E-state index >= 15 is 0 Å². The SMILES string of the molecule is CCSC1CCCC1n1nnnc1C(C)N. The molecule has 0 bridgehead atoms. The number of rotatable bonds is 4. The number of tetrazole rings is 1. The van der Waals surface area contributed by atoms with Gasteiger partial charge >= 0.3 is 0 Å². The van der Waals surface area contributed by atoms with E-state index in [0.717, 1.165) is 11.6 Å². The summed E-state index contributed by atoms with van der Waals surface area (Å²) < 4.78 is 1.95. The van der Waals surface area contributed by atoms with Crippen molar-refractivity contribution in [3.8, 4) is 0 Å². The molecule has 1 heterocycles. The quantitative estimate of drug-likeness (QED) is 0.866. The molecule has 0 radical (unpaired) electrons. The van der Waals surface area contributed by atoms with Gasteiger partial charge in [-0.2, -0.15) is 11.8 Å². The molecule has 0 saturated heterocycles. The van der Waals surface area contributed by atoms with E-state index in [1.807, 2.05) is 23.4 Å². The molecule has 2 rings (SSSR count). The fourth-order valence-electron chi connectivity index (χ4n) is 2.33. The molecule has 90 valence electrons. The highest BCUT2D eigenvalue weighted by atomic mass is 32.2. The van der Waals surface area contributed by atoms with Crippen LogP contribution in [0.4, 0.5) is 0 Å². The van der Waals surface area contributed by atoms with E-state index in [4.69, 9.17) is 5.73 Å². The maximum atomic E-state index is 5.88. The molecule has 5 nitrogen and oxygen atoms in total. The van der Waals surface area contributed by atoms with E-state index in [0.29, 0.717) is 11.3 Å². The van der Waals surface area contributed by atoms with E-state index in [2.05, 4.69) is 22.4 Å². The lowest BCUT2D eigenvalue weighted by molar-refractivity contribution is 0.435. The molecule has 0 aliphatic heterocycles. The molecule has 1 aromatic heterocycles. The highest BCUT2D eigenvalue weighted by molar-refractivity contribution is 7.99. The second-order valence-electron chi connectivity index (χ2n) is 4.26. The fraction of sp³-hybridized carbons (Fsp3) is 0.900. The summed E-state index contributed by atoms with van der Waals surface area (Å²) >= 11 is 2.01. The molecule has 16 heavy (non-hydrogen) atoms. The van der Waals surface area contributed by atoms with Crippen LogP contribution >= 0.6 is 11.8 Å². The van der Waals surface area contributed by atoms with Crippen molar-refractivity contribution in [1.82, 2.24) is 20.2 Å². The summed E-state index contributed by atoms with van der Waals surface area (Å²) in [6.45, 7) is 4.13. The van der Waals surface area contributed by atoms with Crippen molar-refractivity contribution in [1.29, 1.82) is 0 Å². The van der Waals surface area contributed by atoms with E-state index < -0.39 is 0 Å². The Morgan fingerprint density at radius 2 is 2.38 bits per heavy atom. The molecule has 0 aromatic carbocycles. The van der Waals surface area contributed by atoms with Crippen molar-refractivity contribution in [2.75, 3.05) is 5.75 Å². The number of thioether (sulfide) groups is 1. The third-order valence-corrected chi connectivity index (χ3v) is 4.35. The van der Waals surface area contributed by atoms with Crippen LogP contribution < -0.4 is 5.73 Å². The van der Waals surface area contributed by atoms with E-state index in [1.54, 1.807) is 0 Å². The molecule has 3 atom stereocenters. The topological polar surface area (TPSA) is 69.6 Å². The van der Waals surface area contributed by atoms with Gasteiger partial charge in [0, 0.05) is 5.25 Å². The van der Waals surface area contributed by atoms with E-state index in [-0.39, 0.29) is 6.04 Å². The third-order valence-electron chi connectivity index (χ3n) is 3.04. The minimum absolute atomic E-state index is 0.0946. The largest absolute Gasteiger partial charge is 0.322 e. The second-order valence-corrected chi connectivity index (χ2v) is 5.78. The van der Waals surface area contributed by atoms with E-state index in [9.17, 15) is 0 Å². The van der Waals surface area contributed by atoms with Gasteiger partial charge in [-0.1, -0.05) is 13.3 Å². The predicted octanol–water partition coefficient (Wildman–Crippen LogP) is 1.54. The molecule has 0 spiro atoms. The van der Waals surface area contributed by atoms with Crippen LogP contribution in [-0.2, 0) is 0 Å². The van der Waals surface area contributed by atoms with E-state index in [1.165, 1.54) is 19.3 Å². The molecule has 1 aliphatic rings. The van der Waals surface area contributed by atoms with Gasteiger partial charge in [-0.15, -0.1) is 5.10 Å². The first-order chi connectivity index (χ1) is 7.74. The summed E-state index contributed by atoms with van der Waals surface area (Å²) in [5, 5.41) is 12.5. The number of nitrogens with two attached hydrogens (primary N) is 1. The summed E-state index contributed by atoms with van der Waals surface area (Å²) in [5.74, 6) is 1.96. The van der Waals surface area contributed by atoms with Crippen LogP contribution in [0.5, 0.6) is 0 Å². The Labute approximate surface area is 100 Å². The Kier molecular flexibility index (Phi) is 3.81. The van der Waals surface area contributed by atoms with Crippen molar-refractivity contribution in [3.05, 3.63) is 5.82 Å². The first-order valence-corrected chi connectivity index (χ1v) is 6.93. The standard InChI is InChI=1S/C10H19N5S/c1-3-16-9-6-4-5-8(9)15-10(7(2)11)12-13-14-15/h7-9H,3-6,11H2,1-2H3. The average Bonchev–Trinajstić information content (AvgIpc) is 2.83. The van der Waals surface area contributed by atoms with Gasteiger partial charge in [-0.05, 0) is 35.9 Å². The predicted molar refractivity (Wildman–Crippen MR) is 65.2 cm³/mol. The summed E-state index contributed by atoms with van der Waals surface area (Å²) in [6, 6.07) is 0.337. The minimum Gasteiger partial charge on any atom is -0.322 e. The van der Waals surface area contributed by atoms with Gasteiger partial charge in [-0.25, -0.2) is 4.68 Å². The van der Waals surface area contributed by atoms with Gasteiger partial charge < -0.3 is 5.73 Å². The van der Waals surface area contributed by atoms with Crippen molar-refractivity contribution in [2.24, 2.45) is 5.73 Å². The summed E-state index contributed by atoms with van der Waals surface area (Å²) in [4.78, 5) is 0. The zero-order chi connectivity index (χ0) is 11.5. The van der Waals surface area contributed by atoms with Crippen LogP contribution in [0.3, 0.4) is 0 Å². The molecule has 6 heteroatoms. The zero-order valence-corrected chi connectivity index (χ0v) is 10.7. The Bertz CT molecular complexity index is 338. The zero-order valence-electron chi connectivity index (χ0n) is 9.83. The van der Waals surface area contributed by atoms with Gasteiger partial charge in [0.05, 0.1) is 12.1 Å². The lowest BCUT2D eigenvalue weighted by atomic mass is 10.2. The molecule has 1 aromatic rings. The van der Waals surface area contributed by atoms with Gasteiger partial charge in [0.25, 0.3) is 0 Å². The number of aromatic nitrogens is 4. The molecule has 1 aliphatic carbocycles. The monoisotopic (exact) mass is 241 g/mol. The Balaban J connectivity index is 2.19. The molecule has 1 saturated carbocycles. The normalized spacial score (nSPS) is 27.2. The highest BCUT2D eigenvalue weighted by Crippen LogP contribution is 2.38. The summed E-state index contributed by atoms with van der Waals surface area (Å²) in [7, 11) is 0. The number of hydrogen-bond donors (Lipinski definition) is 1. The number of hydrogen-bond acceptors (Lipinski definition) is 5. The molecular formula is C10H19N5S. The first kappa shape index (κ1) is 11.9. The maximum absolute atomic E-state index is 5.88. The Hall–Kier alpha value is -0.620. The maximum Gasteiger partial charge on any atom is 0.168 e. The van der Waals surface area contributed by atoms with Crippen molar-refractivity contribution >= 4 is 11.8 Å². The third kappa shape index (κ3) is 2.22. The molecule has 2 N–H and O–H groups in total. The lowest BCUT2D eigenvalue weighted by Gasteiger charge is -2.20. The molecule has 3 unspecified atom stereocenters. The minimum atomic E-state index is -0.0946. The van der Waals surface area contributed by atoms with Crippen molar-refractivity contribution in [3.63, 3.8) is 0 Å². The summed E-state index contributed by atoms with van der Waals surface area (Å²) in [5.41, 5.74) is 5.88. The van der Waals surface area contributed by atoms with Gasteiger partial charge in [0.1, 0.15) is 0 Å². The number of nitrogens with zero attached hydrogens (tertiary/aromatic N) is 4. The summed E-state index contributed by atoms with van der Waals surface area (Å²) in [6.07, 6.45) is 3.70. The Morgan fingerprint density at radius 3 is 3.06 bits per heavy atom. The highest BCUT2D eigenvalue weighted by Gasteiger charge is 2.31. The first-order valence-electron chi connectivity index (χ1n) is 5.89. The van der Waals surface area contributed by atoms with Gasteiger partial charge in [0.15, 0.2) is 5.82 Å². The van der Waals surface area contributed by atoms with Crippen molar-refractivity contribution in [2.45, 2.75) is 50.4 Å². The molecule has 0 amide bonds. The van der Waals surface area contributed by atoms with Crippen LogP contribution in [0, 0.1) is 0 Å².